The van der Waals surface area contributed by atoms with Crippen molar-refractivity contribution in [1.29, 1.82) is 0 Å². The van der Waals surface area contributed by atoms with Crippen LogP contribution in [-0.4, -0.2) is 52.5 Å². The Kier molecular flexibility index (Phi) is 19.6. The van der Waals surface area contributed by atoms with Crippen LogP contribution < -0.4 is 0 Å². The molecule has 41 heavy (non-hydrogen) atoms. The minimum absolute atomic E-state index is 0.0851. The highest BCUT2D eigenvalue weighted by atomic mass is 16.5. The van der Waals surface area contributed by atoms with Crippen molar-refractivity contribution in [2.45, 2.75) is 198 Å². The number of ketones is 1. The normalized spacial score (nSPS) is 22.1. The fourth-order valence-electron chi connectivity index (χ4n) is 6.25. The molecule has 0 bridgehead atoms. The Morgan fingerprint density at radius 1 is 0.756 bits per heavy atom. The van der Waals surface area contributed by atoms with Gasteiger partial charge in [-0.15, -0.1) is 0 Å². The first-order valence-electron chi connectivity index (χ1n) is 17.4. The molecule has 6 heteroatoms. The summed E-state index contributed by atoms with van der Waals surface area (Å²) in [7, 11) is 0. The Morgan fingerprint density at radius 2 is 1.22 bits per heavy atom. The quantitative estimate of drug-likeness (QED) is 0.0792. The van der Waals surface area contributed by atoms with Crippen molar-refractivity contribution in [3.05, 3.63) is 11.6 Å². The summed E-state index contributed by atoms with van der Waals surface area (Å²) >= 11 is 0. The van der Waals surface area contributed by atoms with E-state index in [1.54, 1.807) is 0 Å². The summed E-state index contributed by atoms with van der Waals surface area (Å²) in [6, 6.07) is 0. The van der Waals surface area contributed by atoms with Crippen molar-refractivity contribution in [3.8, 4) is 0 Å². The maximum absolute atomic E-state index is 12.2. The Labute approximate surface area is 251 Å². The van der Waals surface area contributed by atoms with Gasteiger partial charge in [-0.3, -0.25) is 4.79 Å². The van der Waals surface area contributed by atoms with Crippen LogP contribution in [-0.2, 0) is 19.1 Å². The third-order valence-corrected chi connectivity index (χ3v) is 8.90. The van der Waals surface area contributed by atoms with Crippen LogP contribution in [0.2, 0.25) is 0 Å². The molecular weight excluding hydrogens is 516 g/mol. The molecule has 2 aliphatic heterocycles. The summed E-state index contributed by atoms with van der Waals surface area (Å²) in [5.74, 6) is 0.156. The number of carbonyl (C=O) groups excluding carboxylic acids is 2. The van der Waals surface area contributed by atoms with E-state index in [9.17, 15) is 19.8 Å². The van der Waals surface area contributed by atoms with Gasteiger partial charge < -0.3 is 19.7 Å². The Bertz CT molecular complexity index is 734. The predicted octanol–water partition coefficient (Wildman–Crippen LogP) is 8.30. The van der Waals surface area contributed by atoms with Crippen LogP contribution in [0.15, 0.2) is 11.6 Å². The molecule has 0 saturated carbocycles. The highest BCUT2D eigenvalue weighted by Crippen LogP contribution is 2.28. The molecule has 0 aromatic heterocycles. The highest BCUT2D eigenvalue weighted by molar-refractivity contribution is 5.90. The molecule has 1 fully saturated rings. The smallest absolute Gasteiger partial charge is 0.334 e. The van der Waals surface area contributed by atoms with E-state index in [0.29, 0.717) is 25.0 Å². The van der Waals surface area contributed by atoms with Crippen LogP contribution >= 0.6 is 0 Å². The predicted molar refractivity (Wildman–Crippen MR) is 166 cm³/mol. The van der Waals surface area contributed by atoms with Gasteiger partial charge in [0.2, 0.25) is 0 Å². The van der Waals surface area contributed by atoms with Crippen molar-refractivity contribution in [3.63, 3.8) is 0 Å². The van der Waals surface area contributed by atoms with Gasteiger partial charge in [0.05, 0.1) is 24.4 Å². The van der Waals surface area contributed by atoms with Crippen molar-refractivity contribution in [1.82, 2.24) is 0 Å². The summed E-state index contributed by atoms with van der Waals surface area (Å²) in [5.41, 5.74) is 0.814. The average Bonchev–Trinajstić information content (AvgIpc) is 3.57. The van der Waals surface area contributed by atoms with Crippen LogP contribution in [0, 0.1) is 0 Å². The number of cyclic esters (lactones) is 1. The summed E-state index contributed by atoms with van der Waals surface area (Å²) in [6.07, 6.45) is 25.4. The largest absolute Gasteiger partial charge is 0.455 e. The topological polar surface area (TPSA) is 93.1 Å². The lowest BCUT2D eigenvalue weighted by atomic mass is 9.99. The van der Waals surface area contributed by atoms with E-state index in [-0.39, 0.29) is 24.3 Å². The van der Waals surface area contributed by atoms with Gasteiger partial charge in [0, 0.05) is 18.4 Å². The molecule has 6 nitrogen and oxygen atoms in total. The van der Waals surface area contributed by atoms with Crippen LogP contribution in [0.4, 0.5) is 0 Å². The van der Waals surface area contributed by atoms with Gasteiger partial charge in [-0.25, -0.2) is 4.79 Å². The van der Waals surface area contributed by atoms with E-state index < -0.39 is 12.2 Å². The van der Waals surface area contributed by atoms with E-state index in [4.69, 9.17) is 9.47 Å². The number of hydrogen-bond donors (Lipinski definition) is 2. The van der Waals surface area contributed by atoms with E-state index in [2.05, 4.69) is 6.92 Å². The van der Waals surface area contributed by atoms with E-state index in [1.807, 2.05) is 13.0 Å². The maximum Gasteiger partial charge on any atom is 0.334 e. The van der Waals surface area contributed by atoms with Crippen molar-refractivity contribution < 1.29 is 29.3 Å². The van der Waals surface area contributed by atoms with Crippen molar-refractivity contribution in [2.75, 3.05) is 0 Å². The van der Waals surface area contributed by atoms with Gasteiger partial charge in [0.15, 0.2) is 0 Å². The van der Waals surface area contributed by atoms with Crippen LogP contribution in [0.3, 0.4) is 0 Å². The summed E-state index contributed by atoms with van der Waals surface area (Å²) in [6.45, 7) is 4.14. The van der Waals surface area contributed by atoms with Crippen LogP contribution in [0.5, 0.6) is 0 Å². The SMILES string of the molecule is CCCCCCCCCCCC[C@H](O)[C@@H]1CC[C@H]([C@H](O)CCCCC(=O)CCCCCCCC2=C[C@H](C)OC2=O)O1. The molecule has 0 aliphatic carbocycles. The molecule has 2 aliphatic rings. The number of carbonyl (C=O) groups is 2. The lowest BCUT2D eigenvalue weighted by Gasteiger charge is -2.22. The maximum atomic E-state index is 12.2. The molecule has 0 aromatic carbocycles. The van der Waals surface area contributed by atoms with Gasteiger partial charge >= 0.3 is 5.97 Å². The Hall–Kier alpha value is -1.24. The van der Waals surface area contributed by atoms with Gasteiger partial charge in [-0.2, -0.15) is 0 Å². The van der Waals surface area contributed by atoms with E-state index in [0.717, 1.165) is 82.6 Å². The Morgan fingerprint density at radius 3 is 1.76 bits per heavy atom. The molecule has 0 spiro atoms. The van der Waals surface area contributed by atoms with Gasteiger partial charge in [-0.1, -0.05) is 96.8 Å². The molecular formula is C35H62O6. The zero-order chi connectivity index (χ0) is 29.7. The van der Waals surface area contributed by atoms with Gasteiger partial charge in [-0.05, 0) is 64.4 Å². The standard InChI is InChI=1S/C35H62O6/c1-3-4-5-6-7-8-9-10-14-17-23-31(37)33-25-26-34(41-33)32(38)24-19-18-22-30(36)21-16-13-11-12-15-20-29-27-28(2)40-35(29)39/h27-28,31-34,37-38H,3-26H2,1-2H3/t28-,31-,32+,33-,34+/m0/s1. The second-order valence-corrected chi connectivity index (χ2v) is 12.8. The third-order valence-electron chi connectivity index (χ3n) is 8.90. The lowest BCUT2D eigenvalue weighted by Crippen LogP contribution is -2.31. The van der Waals surface area contributed by atoms with Crippen molar-refractivity contribution >= 4 is 11.8 Å². The molecule has 0 radical (unpaired) electrons. The molecule has 0 amide bonds. The number of rotatable bonds is 26. The lowest BCUT2D eigenvalue weighted by molar-refractivity contribution is -0.139. The second-order valence-electron chi connectivity index (χ2n) is 12.8. The van der Waals surface area contributed by atoms with Crippen molar-refractivity contribution in [2.24, 2.45) is 0 Å². The molecule has 0 aromatic rings. The zero-order valence-electron chi connectivity index (χ0n) is 26.5. The van der Waals surface area contributed by atoms with Gasteiger partial charge in [0.1, 0.15) is 11.9 Å². The molecule has 2 heterocycles. The van der Waals surface area contributed by atoms with E-state index in [1.165, 1.54) is 57.8 Å². The summed E-state index contributed by atoms with van der Waals surface area (Å²) < 4.78 is 11.2. The fourth-order valence-corrected chi connectivity index (χ4v) is 6.25. The number of hydrogen-bond acceptors (Lipinski definition) is 6. The molecule has 0 unspecified atom stereocenters. The number of unbranched alkanes of at least 4 members (excludes halogenated alkanes) is 14. The molecule has 238 valence electrons. The number of aliphatic hydroxyl groups is 2. The van der Waals surface area contributed by atoms with Gasteiger partial charge in [0.25, 0.3) is 0 Å². The number of esters is 1. The molecule has 2 rings (SSSR count). The average molecular weight is 579 g/mol. The highest BCUT2D eigenvalue weighted by Gasteiger charge is 2.34. The number of ether oxygens (including phenoxy) is 2. The monoisotopic (exact) mass is 578 g/mol. The summed E-state index contributed by atoms with van der Waals surface area (Å²) in [4.78, 5) is 23.8. The first-order valence-corrected chi connectivity index (χ1v) is 17.4. The first-order chi connectivity index (χ1) is 19.9. The number of aliphatic hydroxyl groups excluding tert-OH is 2. The minimum atomic E-state index is -0.510. The molecule has 5 atom stereocenters. The second kappa shape index (κ2) is 22.3. The van der Waals surface area contributed by atoms with Crippen LogP contribution in [0.1, 0.15) is 168 Å². The Balaban J connectivity index is 1.39. The molecule has 1 saturated heterocycles. The molecule has 2 N–H and O–H groups in total. The van der Waals surface area contributed by atoms with Crippen LogP contribution in [0.25, 0.3) is 0 Å². The van der Waals surface area contributed by atoms with E-state index >= 15 is 0 Å². The number of Topliss-reactive ketones (excluding diaryl/α,β-unsaturated/α-hetero) is 1. The fraction of sp³-hybridized carbons (Fsp3) is 0.886. The summed E-state index contributed by atoms with van der Waals surface area (Å²) in [5, 5.41) is 21.2. The third kappa shape index (κ3) is 16.3. The minimum Gasteiger partial charge on any atom is -0.455 e. The first kappa shape index (κ1) is 36.0. The zero-order valence-corrected chi connectivity index (χ0v) is 26.5.